The van der Waals surface area contributed by atoms with Gasteiger partial charge in [-0.3, -0.25) is 13.9 Å². The molecular weight excluding hydrogens is 597 g/mol. The molecule has 0 bridgehead atoms. The second-order valence-electron chi connectivity index (χ2n) is 10.5. The van der Waals surface area contributed by atoms with Gasteiger partial charge >= 0.3 is 0 Å². The highest BCUT2D eigenvalue weighted by atomic mass is 35.5. The van der Waals surface area contributed by atoms with Gasteiger partial charge in [-0.05, 0) is 74.7 Å². The summed E-state index contributed by atoms with van der Waals surface area (Å²) in [6.45, 7) is 3.03. The van der Waals surface area contributed by atoms with Crippen LogP contribution in [0.1, 0.15) is 43.7 Å². The smallest absolute Gasteiger partial charge is 0.264 e. The molecule has 3 aromatic carbocycles. The highest BCUT2D eigenvalue weighted by molar-refractivity contribution is 7.92. The zero-order valence-electron chi connectivity index (χ0n) is 23.8. The van der Waals surface area contributed by atoms with Gasteiger partial charge in [0.05, 0.1) is 27.7 Å². The number of hydrogen-bond donors (Lipinski definition) is 1. The van der Waals surface area contributed by atoms with Crippen molar-refractivity contribution in [2.75, 3.05) is 18.0 Å². The lowest BCUT2D eigenvalue weighted by molar-refractivity contribution is -0.139. The summed E-state index contributed by atoms with van der Waals surface area (Å²) in [6.07, 6.45) is 3.88. The van der Waals surface area contributed by atoms with Crippen molar-refractivity contribution < 1.29 is 22.7 Å². The predicted molar refractivity (Wildman–Crippen MR) is 166 cm³/mol. The molecule has 8 nitrogen and oxygen atoms in total. The predicted octanol–water partition coefficient (Wildman–Crippen LogP) is 5.98. The quantitative estimate of drug-likeness (QED) is 0.281. The number of aryl methyl sites for hydroxylation is 1. The van der Waals surface area contributed by atoms with Crippen LogP contribution in [0.5, 0.6) is 5.75 Å². The molecule has 1 aliphatic rings. The number of sulfonamides is 1. The molecule has 0 spiro atoms. The molecule has 0 aromatic heterocycles. The minimum absolute atomic E-state index is 0.0145. The van der Waals surface area contributed by atoms with Crippen LogP contribution < -0.4 is 14.4 Å². The van der Waals surface area contributed by atoms with E-state index in [1.54, 1.807) is 50.4 Å². The van der Waals surface area contributed by atoms with Crippen molar-refractivity contribution >= 4 is 50.7 Å². The number of amides is 2. The molecule has 1 N–H and O–H groups in total. The minimum atomic E-state index is -4.21. The molecule has 4 rings (SSSR count). The standard InChI is InChI=1S/C31H35Cl2N3O5S/c1-21-8-15-27(16-9-21)42(39,40)36(25-12-17-28(32)29(33)18-25)20-30(37)35(19-23-10-13-26(41-3)14-11-23)22(2)31(38)34-24-6-4-5-7-24/h8-18,22,24H,4-7,19-20H2,1-3H3,(H,34,38)/t22-/m1/s1. The van der Waals surface area contributed by atoms with Crippen LogP contribution in [0.3, 0.4) is 0 Å². The number of rotatable bonds is 11. The summed E-state index contributed by atoms with van der Waals surface area (Å²) >= 11 is 12.4. The number of halogens is 2. The van der Waals surface area contributed by atoms with Crippen molar-refractivity contribution in [3.05, 3.63) is 87.9 Å². The van der Waals surface area contributed by atoms with Gasteiger partial charge in [-0.15, -0.1) is 0 Å². The maximum atomic E-state index is 14.1. The maximum absolute atomic E-state index is 14.1. The van der Waals surface area contributed by atoms with Gasteiger partial charge in [0.15, 0.2) is 0 Å². The molecule has 0 radical (unpaired) electrons. The molecular formula is C31H35Cl2N3O5S. The number of methoxy groups -OCH3 is 1. The van der Waals surface area contributed by atoms with E-state index in [2.05, 4.69) is 5.32 Å². The van der Waals surface area contributed by atoms with E-state index >= 15 is 0 Å². The van der Waals surface area contributed by atoms with E-state index in [4.69, 9.17) is 27.9 Å². The summed E-state index contributed by atoms with van der Waals surface area (Å²) in [5, 5.41) is 3.45. The lowest BCUT2D eigenvalue weighted by Gasteiger charge is -2.32. The SMILES string of the molecule is COc1ccc(CN(C(=O)CN(c2ccc(Cl)c(Cl)c2)S(=O)(=O)c2ccc(C)cc2)[C@H](C)C(=O)NC2CCCC2)cc1. The van der Waals surface area contributed by atoms with Gasteiger partial charge in [0.2, 0.25) is 11.8 Å². The lowest BCUT2D eigenvalue weighted by atomic mass is 10.1. The lowest BCUT2D eigenvalue weighted by Crippen LogP contribution is -2.52. The third-order valence-corrected chi connectivity index (χ3v) is 9.99. The Kier molecular flexibility index (Phi) is 10.4. The van der Waals surface area contributed by atoms with Gasteiger partial charge in [-0.1, -0.05) is 65.9 Å². The van der Waals surface area contributed by atoms with Gasteiger partial charge in [0.25, 0.3) is 10.0 Å². The van der Waals surface area contributed by atoms with Crippen LogP contribution in [0, 0.1) is 6.92 Å². The highest BCUT2D eigenvalue weighted by Gasteiger charge is 2.33. The number of ether oxygens (including phenoxy) is 1. The van der Waals surface area contributed by atoms with Crippen molar-refractivity contribution in [2.45, 2.75) is 63.1 Å². The molecule has 1 aliphatic carbocycles. The first-order valence-corrected chi connectivity index (χ1v) is 16.0. The largest absolute Gasteiger partial charge is 0.497 e. The summed E-state index contributed by atoms with van der Waals surface area (Å²) in [7, 11) is -2.65. The first kappa shape index (κ1) is 31.7. The average Bonchev–Trinajstić information content (AvgIpc) is 3.49. The fourth-order valence-corrected chi connectivity index (χ4v) is 6.61. The van der Waals surface area contributed by atoms with Gasteiger partial charge < -0.3 is 15.0 Å². The second kappa shape index (κ2) is 13.8. The monoisotopic (exact) mass is 631 g/mol. The summed E-state index contributed by atoms with van der Waals surface area (Å²) < 4.78 is 34.1. The van der Waals surface area contributed by atoms with Crippen LogP contribution in [0.15, 0.2) is 71.6 Å². The summed E-state index contributed by atoms with van der Waals surface area (Å²) in [5.74, 6) is -0.188. The normalized spacial score (nSPS) is 14.3. The first-order valence-electron chi connectivity index (χ1n) is 13.8. The van der Waals surface area contributed by atoms with Crippen LogP contribution in [-0.2, 0) is 26.2 Å². The van der Waals surface area contributed by atoms with E-state index < -0.39 is 28.5 Å². The van der Waals surface area contributed by atoms with Crippen LogP contribution in [-0.4, -0.2) is 50.9 Å². The van der Waals surface area contributed by atoms with Crippen molar-refractivity contribution in [2.24, 2.45) is 0 Å². The maximum Gasteiger partial charge on any atom is 0.264 e. The van der Waals surface area contributed by atoms with Gasteiger partial charge in [-0.25, -0.2) is 8.42 Å². The number of benzene rings is 3. The van der Waals surface area contributed by atoms with Crippen LogP contribution >= 0.6 is 23.2 Å². The molecule has 1 atom stereocenters. The molecule has 1 saturated carbocycles. The van der Waals surface area contributed by atoms with Crippen molar-refractivity contribution in [1.29, 1.82) is 0 Å². The fourth-order valence-electron chi connectivity index (χ4n) is 4.91. The first-order chi connectivity index (χ1) is 20.0. The van der Waals surface area contributed by atoms with Crippen molar-refractivity contribution in [3.63, 3.8) is 0 Å². The zero-order valence-corrected chi connectivity index (χ0v) is 26.2. The summed E-state index contributed by atoms with van der Waals surface area (Å²) in [4.78, 5) is 28.8. The number of carbonyl (C=O) groups excluding carboxylic acids is 2. The van der Waals surface area contributed by atoms with Crippen molar-refractivity contribution in [1.82, 2.24) is 10.2 Å². The van der Waals surface area contributed by atoms with Gasteiger partial charge in [0, 0.05) is 12.6 Å². The van der Waals surface area contributed by atoms with Crippen molar-refractivity contribution in [3.8, 4) is 5.75 Å². The van der Waals surface area contributed by atoms with Crippen LogP contribution in [0.4, 0.5) is 5.69 Å². The van der Waals surface area contributed by atoms with Crippen LogP contribution in [0.2, 0.25) is 10.0 Å². The van der Waals surface area contributed by atoms with E-state index in [1.165, 1.54) is 35.2 Å². The number of hydrogen-bond acceptors (Lipinski definition) is 5. The fraction of sp³-hybridized carbons (Fsp3) is 0.355. The van der Waals surface area contributed by atoms with E-state index in [1.807, 2.05) is 6.92 Å². The van der Waals surface area contributed by atoms with Gasteiger partial charge in [-0.2, -0.15) is 0 Å². The molecule has 1 fully saturated rings. The van der Waals surface area contributed by atoms with E-state index in [0.29, 0.717) is 5.75 Å². The Morgan fingerprint density at radius 1 is 0.976 bits per heavy atom. The third-order valence-electron chi connectivity index (χ3n) is 7.46. The number of nitrogens with one attached hydrogen (secondary N) is 1. The Labute approximate surface area is 257 Å². The zero-order chi connectivity index (χ0) is 30.4. The van der Waals surface area contributed by atoms with E-state index in [9.17, 15) is 18.0 Å². The summed E-state index contributed by atoms with van der Waals surface area (Å²) in [5.41, 5.74) is 1.82. The van der Waals surface area contributed by atoms with Gasteiger partial charge in [0.1, 0.15) is 18.3 Å². The Morgan fingerprint density at radius 3 is 2.21 bits per heavy atom. The molecule has 224 valence electrons. The molecule has 3 aromatic rings. The molecule has 11 heteroatoms. The second-order valence-corrected chi connectivity index (χ2v) is 13.1. The molecule has 2 amide bonds. The topological polar surface area (TPSA) is 96.0 Å². The Balaban J connectivity index is 1.70. The highest BCUT2D eigenvalue weighted by Crippen LogP contribution is 2.31. The Bertz CT molecular complexity index is 1510. The van der Waals surface area contributed by atoms with Crippen LogP contribution in [0.25, 0.3) is 0 Å². The minimum Gasteiger partial charge on any atom is -0.497 e. The molecule has 0 unspecified atom stereocenters. The van der Waals surface area contributed by atoms with E-state index in [-0.39, 0.29) is 39.1 Å². The third kappa shape index (κ3) is 7.56. The summed E-state index contributed by atoms with van der Waals surface area (Å²) in [6, 6.07) is 17.1. The Hall–Kier alpha value is -3.27. The molecule has 0 heterocycles. The molecule has 42 heavy (non-hydrogen) atoms. The molecule has 0 saturated heterocycles. The average molecular weight is 633 g/mol. The number of nitrogens with zero attached hydrogens (tertiary/aromatic N) is 2. The molecule has 0 aliphatic heterocycles. The number of carbonyl (C=O) groups is 2. The number of anilines is 1. The van der Waals surface area contributed by atoms with E-state index in [0.717, 1.165) is 41.1 Å². The Morgan fingerprint density at radius 2 is 1.62 bits per heavy atom.